The zero-order chi connectivity index (χ0) is 12.0. The van der Waals surface area contributed by atoms with Crippen molar-refractivity contribution in [2.45, 2.75) is 26.3 Å². The van der Waals surface area contributed by atoms with E-state index in [-0.39, 0.29) is 11.8 Å². The van der Waals surface area contributed by atoms with E-state index in [2.05, 4.69) is 10.4 Å². The van der Waals surface area contributed by atoms with Gasteiger partial charge in [-0.1, -0.05) is 6.92 Å². The maximum atomic E-state index is 11.6. The Bertz CT molecular complexity index is 334. The van der Waals surface area contributed by atoms with Crippen LogP contribution in [0.3, 0.4) is 0 Å². The summed E-state index contributed by atoms with van der Waals surface area (Å²) in [5.74, 6) is 0.109. The molecule has 0 aliphatic carbocycles. The summed E-state index contributed by atoms with van der Waals surface area (Å²) >= 11 is 0. The molecule has 0 saturated carbocycles. The van der Waals surface area contributed by atoms with Crippen molar-refractivity contribution in [2.24, 2.45) is 18.7 Å². The minimum Gasteiger partial charge on any atom is -0.352 e. The van der Waals surface area contributed by atoms with E-state index in [0.717, 1.165) is 18.4 Å². The molecule has 1 aromatic heterocycles. The van der Waals surface area contributed by atoms with Gasteiger partial charge < -0.3 is 11.1 Å². The van der Waals surface area contributed by atoms with E-state index < -0.39 is 0 Å². The smallest absolute Gasteiger partial charge is 0.223 e. The van der Waals surface area contributed by atoms with E-state index in [1.807, 2.05) is 20.2 Å². The average molecular weight is 224 g/mol. The van der Waals surface area contributed by atoms with Crippen LogP contribution in [0.5, 0.6) is 0 Å². The minimum absolute atomic E-state index is 0.0280. The molecule has 0 fully saturated rings. The molecule has 1 amide bonds. The number of aryl methyl sites for hydroxylation is 1. The molecular weight excluding hydrogens is 204 g/mol. The average Bonchev–Trinajstić information content (AvgIpc) is 2.68. The second-order valence-corrected chi connectivity index (χ2v) is 4.07. The van der Waals surface area contributed by atoms with Crippen LogP contribution < -0.4 is 11.1 Å². The fourth-order valence-electron chi connectivity index (χ4n) is 1.48. The molecule has 1 heterocycles. The summed E-state index contributed by atoms with van der Waals surface area (Å²) in [7, 11) is 1.86. The van der Waals surface area contributed by atoms with Gasteiger partial charge in [0.2, 0.25) is 5.91 Å². The predicted molar refractivity (Wildman–Crippen MR) is 62.5 cm³/mol. The van der Waals surface area contributed by atoms with Gasteiger partial charge in [0.25, 0.3) is 0 Å². The van der Waals surface area contributed by atoms with Crippen molar-refractivity contribution in [3.05, 3.63) is 18.0 Å². The number of nitrogens with two attached hydrogens (primary N) is 1. The van der Waals surface area contributed by atoms with Crippen LogP contribution in [0.1, 0.15) is 25.3 Å². The number of carbonyl (C=O) groups excluding carboxylic acids is 1. The molecule has 1 unspecified atom stereocenters. The Kier molecular flexibility index (Phi) is 4.98. The Morgan fingerprint density at radius 2 is 2.44 bits per heavy atom. The van der Waals surface area contributed by atoms with Gasteiger partial charge in [-0.15, -0.1) is 0 Å². The summed E-state index contributed by atoms with van der Waals surface area (Å²) in [6, 6.07) is 0. The Hall–Kier alpha value is -1.36. The van der Waals surface area contributed by atoms with Gasteiger partial charge in [-0.2, -0.15) is 5.10 Å². The number of amides is 1. The molecule has 0 bridgehead atoms. The standard InChI is InChI=1S/C11H20N4O/c1-9(4-3-5-12)11(16)13-6-10-7-14-15(2)8-10/h7-9H,3-6,12H2,1-2H3,(H,13,16). The number of aromatic nitrogens is 2. The normalized spacial score (nSPS) is 12.4. The number of carbonyl (C=O) groups is 1. The number of rotatable bonds is 6. The maximum Gasteiger partial charge on any atom is 0.223 e. The minimum atomic E-state index is 0.0280. The fraction of sp³-hybridized carbons (Fsp3) is 0.636. The molecule has 0 radical (unpaired) electrons. The van der Waals surface area contributed by atoms with Crippen molar-refractivity contribution < 1.29 is 4.79 Å². The number of nitrogens with one attached hydrogen (secondary N) is 1. The van der Waals surface area contributed by atoms with Crippen molar-refractivity contribution in [1.82, 2.24) is 15.1 Å². The lowest BCUT2D eigenvalue weighted by molar-refractivity contribution is -0.124. The van der Waals surface area contributed by atoms with Gasteiger partial charge in [-0.25, -0.2) is 0 Å². The van der Waals surface area contributed by atoms with Crippen LogP contribution >= 0.6 is 0 Å². The van der Waals surface area contributed by atoms with E-state index in [1.54, 1.807) is 10.9 Å². The Balaban J connectivity index is 2.29. The van der Waals surface area contributed by atoms with Gasteiger partial charge in [-0.3, -0.25) is 9.48 Å². The summed E-state index contributed by atoms with van der Waals surface area (Å²) in [4.78, 5) is 11.6. The zero-order valence-corrected chi connectivity index (χ0v) is 9.94. The maximum absolute atomic E-state index is 11.6. The largest absolute Gasteiger partial charge is 0.352 e. The third-order valence-corrected chi connectivity index (χ3v) is 2.51. The Labute approximate surface area is 96.0 Å². The van der Waals surface area contributed by atoms with Gasteiger partial charge in [0.15, 0.2) is 0 Å². The molecule has 5 heteroatoms. The molecular formula is C11H20N4O. The molecule has 0 aromatic carbocycles. The van der Waals surface area contributed by atoms with Crippen LogP contribution in [0.2, 0.25) is 0 Å². The van der Waals surface area contributed by atoms with Crippen LogP contribution in [0.15, 0.2) is 12.4 Å². The lowest BCUT2D eigenvalue weighted by Crippen LogP contribution is -2.28. The molecule has 1 aromatic rings. The van der Waals surface area contributed by atoms with Gasteiger partial charge in [0.1, 0.15) is 0 Å². The SMILES string of the molecule is CC(CCCN)C(=O)NCc1cnn(C)c1. The molecule has 5 nitrogen and oxygen atoms in total. The lowest BCUT2D eigenvalue weighted by atomic mass is 10.0. The summed E-state index contributed by atoms with van der Waals surface area (Å²) in [5, 5.41) is 6.93. The highest BCUT2D eigenvalue weighted by Crippen LogP contribution is 2.05. The number of nitrogens with zero attached hydrogens (tertiary/aromatic N) is 2. The fourth-order valence-corrected chi connectivity index (χ4v) is 1.48. The second-order valence-electron chi connectivity index (χ2n) is 4.07. The third-order valence-electron chi connectivity index (χ3n) is 2.51. The predicted octanol–water partition coefficient (Wildman–Crippen LogP) is 0.411. The van der Waals surface area contributed by atoms with Crippen LogP contribution in [0, 0.1) is 5.92 Å². The van der Waals surface area contributed by atoms with Gasteiger partial charge in [-0.05, 0) is 19.4 Å². The van der Waals surface area contributed by atoms with E-state index in [9.17, 15) is 4.79 Å². The first-order valence-corrected chi connectivity index (χ1v) is 5.58. The monoisotopic (exact) mass is 224 g/mol. The van der Waals surface area contributed by atoms with E-state index in [1.165, 1.54) is 0 Å². The molecule has 0 aliphatic heterocycles. The number of hydrogen-bond donors (Lipinski definition) is 2. The molecule has 0 saturated heterocycles. The van der Waals surface area contributed by atoms with Crippen LogP contribution in [-0.2, 0) is 18.4 Å². The first kappa shape index (κ1) is 12.7. The third kappa shape index (κ3) is 4.02. The first-order chi connectivity index (χ1) is 7.63. The van der Waals surface area contributed by atoms with E-state index in [0.29, 0.717) is 13.1 Å². The van der Waals surface area contributed by atoms with Gasteiger partial charge in [0.05, 0.1) is 6.20 Å². The molecule has 0 aliphatic rings. The molecule has 16 heavy (non-hydrogen) atoms. The van der Waals surface area contributed by atoms with E-state index in [4.69, 9.17) is 5.73 Å². The van der Waals surface area contributed by atoms with Crippen molar-refractivity contribution in [1.29, 1.82) is 0 Å². The quantitative estimate of drug-likeness (QED) is 0.735. The van der Waals surface area contributed by atoms with Crippen LogP contribution in [-0.4, -0.2) is 22.2 Å². The topological polar surface area (TPSA) is 72.9 Å². The summed E-state index contributed by atoms with van der Waals surface area (Å²) in [6.07, 6.45) is 5.38. The second kappa shape index (κ2) is 6.27. The number of hydrogen-bond acceptors (Lipinski definition) is 3. The van der Waals surface area contributed by atoms with Crippen LogP contribution in [0.4, 0.5) is 0 Å². The molecule has 0 spiro atoms. The van der Waals surface area contributed by atoms with Crippen molar-refractivity contribution in [3.63, 3.8) is 0 Å². The zero-order valence-electron chi connectivity index (χ0n) is 9.94. The van der Waals surface area contributed by atoms with Gasteiger partial charge in [0, 0.05) is 31.3 Å². The summed E-state index contributed by atoms with van der Waals surface area (Å²) < 4.78 is 1.72. The van der Waals surface area contributed by atoms with Crippen LogP contribution in [0.25, 0.3) is 0 Å². The van der Waals surface area contributed by atoms with Crippen molar-refractivity contribution >= 4 is 5.91 Å². The first-order valence-electron chi connectivity index (χ1n) is 5.58. The Morgan fingerprint density at radius 3 is 3.00 bits per heavy atom. The summed E-state index contributed by atoms with van der Waals surface area (Å²) in [6.45, 7) is 3.11. The lowest BCUT2D eigenvalue weighted by Gasteiger charge is -2.10. The highest BCUT2D eigenvalue weighted by molar-refractivity contribution is 5.78. The molecule has 3 N–H and O–H groups in total. The van der Waals surface area contributed by atoms with Crippen molar-refractivity contribution in [3.8, 4) is 0 Å². The highest BCUT2D eigenvalue weighted by atomic mass is 16.1. The Morgan fingerprint density at radius 1 is 1.69 bits per heavy atom. The van der Waals surface area contributed by atoms with E-state index >= 15 is 0 Å². The highest BCUT2D eigenvalue weighted by Gasteiger charge is 2.11. The van der Waals surface area contributed by atoms with Crippen molar-refractivity contribution in [2.75, 3.05) is 6.54 Å². The molecule has 90 valence electrons. The molecule has 1 rings (SSSR count). The van der Waals surface area contributed by atoms with Gasteiger partial charge >= 0.3 is 0 Å². The molecule has 1 atom stereocenters. The summed E-state index contributed by atoms with van der Waals surface area (Å²) in [5.41, 5.74) is 6.42.